The van der Waals surface area contributed by atoms with Crippen molar-refractivity contribution in [1.29, 1.82) is 0 Å². The van der Waals surface area contributed by atoms with E-state index in [1.165, 1.54) is 7.11 Å². The topological polar surface area (TPSA) is 43.4 Å². The molecule has 72 valence electrons. The fraction of sp³-hybridized carbons (Fsp3) is 0.556. The Morgan fingerprint density at radius 3 is 2.23 bits per heavy atom. The van der Waals surface area contributed by atoms with Crippen molar-refractivity contribution in [3.63, 3.8) is 0 Å². The quantitative estimate of drug-likeness (QED) is 0.394. The molecule has 0 heterocycles. The number of esters is 1. The zero-order chi connectivity index (χ0) is 10.1. The lowest BCUT2D eigenvalue weighted by molar-refractivity contribution is -0.140. The molecule has 0 fully saturated rings. The molecule has 0 atom stereocenters. The summed E-state index contributed by atoms with van der Waals surface area (Å²) in [5.74, 6) is 5.20. The van der Waals surface area contributed by atoms with Gasteiger partial charge < -0.3 is 4.74 Å². The third-order valence-electron chi connectivity index (χ3n) is 1.25. The largest absolute Gasteiger partial charge is 0.469 e. The van der Waals surface area contributed by atoms with Crippen LogP contribution in [-0.2, 0) is 14.3 Å². The predicted octanol–water partition coefficient (Wildman–Crippen LogP) is 1.49. The van der Waals surface area contributed by atoms with Crippen LogP contribution in [0, 0.1) is 11.8 Å². The molecule has 0 unspecified atom stereocenters. The van der Waals surface area contributed by atoms with Crippen LogP contribution >= 0.6 is 11.6 Å². The minimum atomic E-state index is -0.387. The van der Waals surface area contributed by atoms with Gasteiger partial charge in [0, 0.05) is 19.3 Å². The second-order valence-electron chi connectivity index (χ2n) is 2.28. The van der Waals surface area contributed by atoms with Gasteiger partial charge in [0.05, 0.1) is 13.5 Å². The van der Waals surface area contributed by atoms with Crippen molar-refractivity contribution in [3.05, 3.63) is 0 Å². The van der Waals surface area contributed by atoms with Crippen LogP contribution in [0.2, 0.25) is 0 Å². The summed E-state index contributed by atoms with van der Waals surface area (Å²) >= 11 is 5.08. The minimum absolute atomic E-state index is 0.257. The first-order chi connectivity index (χ1) is 6.16. The first-order valence-corrected chi connectivity index (χ1v) is 4.25. The fourth-order valence-electron chi connectivity index (χ4n) is 0.604. The molecule has 0 spiro atoms. The minimum Gasteiger partial charge on any atom is -0.469 e. The van der Waals surface area contributed by atoms with Crippen LogP contribution in [0.5, 0.6) is 0 Å². The first kappa shape index (κ1) is 12.0. The molecule has 0 aromatic carbocycles. The van der Waals surface area contributed by atoms with Gasteiger partial charge in [-0.1, -0.05) is 0 Å². The Bertz CT molecular complexity index is 237. The van der Waals surface area contributed by atoms with E-state index in [4.69, 9.17) is 11.6 Å². The molecule has 0 aliphatic rings. The Morgan fingerprint density at radius 2 is 1.77 bits per heavy atom. The van der Waals surface area contributed by atoms with Gasteiger partial charge in [-0.15, -0.1) is 11.8 Å². The van der Waals surface area contributed by atoms with E-state index in [1.54, 1.807) is 0 Å². The highest BCUT2D eigenvalue weighted by molar-refractivity contribution is 6.63. The molecule has 0 aliphatic heterocycles. The molecule has 0 bridgehead atoms. The van der Waals surface area contributed by atoms with E-state index in [0.29, 0.717) is 19.3 Å². The summed E-state index contributed by atoms with van der Waals surface area (Å²) in [5.41, 5.74) is 0. The molecule has 0 aromatic heterocycles. The molecule has 0 saturated carbocycles. The molecule has 0 aliphatic carbocycles. The van der Waals surface area contributed by atoms with Gasteiger partial charge in [0.1, 0.15) is 0 Å². The van der Waals surface area contributed by atoms with Gasteiger partial charge in [-0.3, -0.25) is 9.59 Å². The van der Waals surface area contributed by atoms with Gasteiger partial charge in [-0.2, -0.15) is 0 Å². The molecular weight excluding hydrogens is 192 g/mol. The first-order valence-electron chi connectivity index (χ1n) is 3.87. The zero-order valence-corrected chi connectivity index (χ0v) is 8.19. The Kier molecular flexibility index (Phi) is 7.04. The summed E-state index contributed by atoms with van der Waals surface area (Å²) in [5, 5.41) is -0.387. The highest BCUT2D eigenvalue weighted by Crippen LogP contribution is 1.94. The van der Waals surface area contributed by atoms with Crippen molar-refractivity contribution in [3.8, 4) is 11.8 Å². The van der Waals surface area contributed by atoms with Crippen molar-refractivity contribution >= 4 is 22.8 Å². The summed E-state index contributed by atoms with van der Waals surface area (Å²) in [6.45, 7) is 0. The summed E-state index contributed by atoms with van der Waals surface area (Å²) in [4.78, 5) is 20.8. The van der Waals surface area contributed by atoms with Crippen LogP contribution in [0.15, 0.2) is 0 Å². The van der Waals surface area contributed by atoms with Crippen molar-refractivity contribution in [2.75, 3.05) is 7.11 Å². The average molecular weight is 203 g/mol. The molecule has 0 rings (SSSR count). The number of carbonyl (C=O) groups is 2. The van der Waals surface area contributed by atoms with Crippen LogP contribution in [0.1, 0.15) is 25.7 Å². The number of hydrogen-bond acceptors (Lipinski definition) is 3. The van der Waals surface area contributed by atoms with Crippen LogP contribution in [0.3, 0.4) is 0 Å². The van der Waals surface area contributed by atoms with E-state index in [0.717, 1.165) is 0 Å². The Hall–Kier alpha value is -1.01. The van der Waals surface area contributed by atoms with Crippen LogP contribution in [0.4, 0.5) is 0 Å². The molecule has 0 N–H and O–H groups in total. The van der Waals surface area contributed by atoms with Crippen LogP contribution < -0.4 is 0 Å². The van der Waals surface area contributed by atoms with Crippen molar-refractivity contribution < 1.29 is 14.3 Å². The van der Waals surface area contributed by atoms with Crippen LogP contribution in [0.25, 0.3) is 0 Å². The molecule has 0 amide bonds. The third kappa shape index (κ3) is 8.90. The number of methoxy groups -OCH3 is 1. The SMILES string of the molecule is COC(=O)CCC#CCCC(=O)Cl. The number of halogens is 1. The standard InChI is InChI=1S/C9H11ClO3/c1-13-9(12)7-5-3-2-4-6-8(10)11/h4-7H2,1H3. The summed E-state index contributed by atoms with van der Waals surface area (Å²) in [6.07, 6.45) is 1.46. The number of rotatable bonds is 4. The third-order valence-corrected chi connectivity index (χ3v) is 1.44. The molecule has 13 heavy (non-hydrogen) atoms. The maximum absolute atomic E-state index is 10.6. The highest BCUT2D eigenvalue weighted by Gasteiger charge is 1.95. The average Bonchev–Trinajstić information content (AvgIpc) is 2.10. The lowest BCUT2D eigenvalue weighted by Crippen LogP contribution is -1.98. The van der Waals surface area contributed by atoms with E-state index in [-0.39, 0.29) is 17.6 Å². The second-order valence-corrected chi connectivity index (χ2v) is 2.71. The van der Waals surface area contributed by atoms with E-state index >= 15 is 0 Å². The maximum Gasteiger partial charge on any atom is 0.306 e. The number of ether oxygens (including phenoxy) is 1. The van der Waals surface area contributed by atoms with Crippen molar-refractivity contribution in [1.82, 2.24) is 0 Å². The van der Waals surface area contributed by atoms with Gasteiger partial charge in [0.25, 0.3) is 0 Å². The second kappa shape index (κ2) is 7.63. The van der Waals surface area contributed by atoms with E-state index in [9.17, 15) is 9.59 Å². The Labute approximate surface area is 82.4 Å². The van der Waals surface area contributed by atoms with Crippen molar-refractivity contribution in [2.24, 2.45) is 0 Å². The molecule has 0 saturated heterocycles. The normalized spacial score (nSPS) is 8.46. The number of hydrogen-bond donors (Lipinski definition) is 0. The van der Waals surface area contributed by atoms with Crippen LogP contribution in [-0.4, -0.2) is 18.3 Å². The van der Waals surface area contributed by atoms with Gasteiger partial charge in [0.2, 0.25) is 5.24 Å². The highest BCUT2D eigenvalue weighted by atomic mass is 35.5. The fourth-order valence-corrected chi connectivity index (χ4v) is 0.699. The lowest BCUT2D eigenvalue weighted by atomic mass is 10.3. The van der Waals surface area contributed by atoms with Gasteiger partial charge in [-0.25, -0.2) is 0 Å². The monoisotopic (exact) mass is 202 g/mol. The van der Waals surface area contributed by atoms with Gasteiger partial charge in [0.15, 0.2) is 0 Å². The van der Waals surface area contributed by atoms with Gasteiger partial charge >= 0.3 is 5.97 Å². The molecule has 3 nitrogen and oxygen atoms in total. The zero-order valence-electron chi connectivity index (χ0n) is 7.43. The summed E-state index contributed by atoms with van der Waals surface area (Å²) in [6, 6.07) is 0. The molecule has 0 aromatic rings. The molecule has 0 radical (unpaired) electrons. The smallest absolute Gasteiger partial charge is 0.306 e. The Balaban J connectivity index is 3.40. The summed E-state index contributed by atoms with van der Waals surface area (Å²) in [7, 11) is 1.34. The Morgan fingerprint density at radius 1 is 1.23 bits per heavy atom. The number of carbonyl (C=O) groups excluding carboxylic acids is 2. The van der Waals surface area contributed by atoms with E-state index in [2.05, 4.69) is 16.6 Å². The van der Waals surface area contributed by atoms with Crippen molar-refractivity contribution in [2.45, 2.75) is 25.7 Å². The maximum atomic E-state index is 10.6. The molecular formula is C9H11ClO3. The lowest BCUT2D eigenvalue weighted by Gasteiger charge is -1.91. The summed E-state index contributed by atoms with van der Waals surface area (Å²) < 4.78 is 4.41. The molecule has 4 heteroatoms. The van der Waals surface area contributed by atoms with Gasteiger partial charge in [-0.05, 0) is 11.6 Å². The predicted molar refractivity (Wildman–Crippen MR) is 49.1 cm³/mol. The van der Waals surface area contributed by atoms with E-state index in [1.807, 2.05) is 0 Å². The van der Waals surface area contributed by atoms with E-state index < -0.39 is 0 Å².